The van der Waals surface area contributed by atoms with Gasteiger partial charge in [-0.2, -0.15) is 0 Å². The third-order valence-corrected chi connectivity index (χ3v) is 4.43. The number of thiazole rings is 1. The fourth-order valence-electron chi connectivity index (χ4n) is 2.42. The zero-order valence-corrected chi connectivity index (χ0v) is 14.4. The van der Waals surface area contributed by atoms with Gasteiger partial charge in [0.2, 0.25) is 0 Å². The monoisotopic (exact) mass is 356 g/mol. The molecule has 0 bridgehead atoms. The number of ether oxygens (including phenoxy) is 1. The van der Waals surface area contributed by atoms with Crippen molar-refractivity contribution in [3.8, 4) is 22.8 Å². The molecular weight excluding hydrogens is 340 g/mol. The van der Waals surface area contributed by atoms with Crippen LogP contribution in [-0.2, 0) is 0 Å². The number of aromatic hydroxyl groups is 1. The van der Waals surface area contributed by atoms with Crippen molar-refractivity contribution < 1.29 is 19.7 Å². The zero-order valence-electron chi connectivity index (χ0n) is 13.6. The van der Waals surface area contributed by atoms with Crippen molar-refractivity contribution in [3.05, 3.63) is 52.9 Å². The zero-order chi connectivity index (χ0) is 18.0. The third kappa shape index (κ3) is 3.56. The Morgan fingerprint density at radius 3 is 2.68 bits per heavy atom. The number of methoxy groups -OCH3 is 1. The first-order valence-electron chi connectivity index (χ1n) is 7.42. The van der Waals surface area contributed by atoms with E-state index in [-0.39, 0.29) is 11.3 Å². The van der Waals surface area contributed by atoms with E-state index in [2.05, 4.69) is 10.3 Å². The Morgan fingerprint density at radius 2 is 2.04 bits per heavy atom. The van der Waals surface area contributed by atoms with Crippen LogP contribution in [0.5, 0.6) is 11.5 Å². The number of aromatic nitrogens is 1. The second-order valence-electron chi connectivity index (χ2n) is 5.38. The Bertz CT molecular complexity index is 937. The van der Waals surface area contributed by atoms with Gasteiger partial charge < -0.3 is 20.3 Å². The molecule has 0 unspecified atom stereocenters. The molecule has 3 rings (SSSR count). The maximum Gasteiger partial charge on any atom is 0.339 e. The van der Waals surface area contributed by atoms with Gasteiger partial charge in [0.25, 0.3) is 0 Å². The summed E-state index contributed by atoms with van der Waals surface area (Å²) in [7, 11) is 1.64. The van der Waals surface area contributed by atoms with Crippen molar-refractivity contribution in [3.63, 3.8) is 0 Å². The largest absolute Gasteiger partial charge is 0.507 e. The van der Waals surface area contributed by atoms with Crippen LogP contribution in [0.2, 0.25) is 0 Å². The van der Waals surface area contributed by atoms with Gasteiger partial charge in [0.1, 0.15) is 17.1 Å². The molecule has 0 fully saturated rings. The highest BCUT2D eigenvalue weighted by molar-refractivity contribution is 7.14. The molecular formula is C18H16N2O4S. The number of rotatable bonds is 5. The molecule has 0 atom stereocenters. The van der Waals surface area contributed by atoms with E-state index < -0.39 is 5.97 Å². The Morgan fingerprint density at radius 1 is 1.24 bits per heavy atom. The van der Waals surface area contributed by atoms with E-state index in [1.54, 1.807) is 13.2 Å². The summed E-state index contributed by atoms with van der Waals surface area (Å²) in [5.74, 6) is -0.637. The van der Waals surface area contributed by atoms with Gasteiger partial charge in [0, 0.05) is 22.7 Å². The number of benzene rings is 2. The minimum atomic E-state index is -1.17. The van der Waals surface area contributed by atoms with Crippen LogP contribution < -0.4 is 10.1 Å². The maximum absolute atomic E-state index is 10.9. The molecule has 0 aliphatic heterocycles. The minimum absolute atomic E-state index is 0.140. The first-order valence-corrected chi connectivity index (χ1v) is 8.30. The molecule has 0 amide bonds. The number of phenols is 1. The van der Waals surface area contributed by atoms with Crippen molar-refractivity contribution in [1.29, 1.82) is 0 Å². The van der Waals surface area contributed by atoms with Crippen LogP contribution in [0.4, 0.5) is 10.8 Å². The van der Waals surface area contributed by atoms with Gasteiger partial charge in [-0.25, -0.2) is 9.78 Å². The fourth-order valence-corrected chi connectivity index (χ4v) is 3.16. The highest BCUT2D eigenvalue weighted by Crippen LogP contribution is 2.31. The lowest BCUT2D eigenvalue weighted by atomic mass is 10.1. The molecule has 1 heterocycles. The van der Waals surface area contributed by atoms with E-state index >= 15 is 0 Å². The number of carboxylic acids is 1. The first kappa shape index (κ1) is 16.8. The van der Waals surface area contributed by atoms with Crippen molar-refractivity contribution in [2.45, 2.75) is 6.92 Å². The van der Waals surface area contributed by atoms with E-state index in [0.717, 1.165) is 22.6 Å². The molecule has 3 N–H and O–H groups in total. The van der Waals surface area contributed by atoms with Crippen LogP contribution in [0.15, 0.2) is 41.8 Å². The molecule has 1 aromatic heterocycles. The maximum atomic E-state index is 10.9. The molecule has 2 aromatic carbocycles. The van der Waals surface area contributed by atoms with Crippen molar-refractivity contribution in [2.24, 2.45) is 0 Å². The van der Waals surface area contributed by atoms with Crippen LogP contribution in [0.1, 0.15) is 15.9 Å². The van der Waals surface area contributed by atoms with Crippen LogP contribution in [0, 0.1) is 6.92 Å². The molecule has 3 aromatic rings. The molecule has 0 radical (unpaired) electrons. The highest BCUT2D eigenvalue weighted by atomic mass is 32.1. The van der Waals surface area contributed by atoms with E-state index in [1.165, 1.54) is 23.5 Å². The van der Waals surface area contributed by atoms with E-state index in [1.807, 2.05) is 30.5 Å². The number of carbonyl (C=O) groups is 1. The van der Waals surface area contributed by atoms with Crippen molar-refractivity contribution in [1.82, 2.24) is 4.98 Å². The standard InChI is InChI=1S/C18H16N2O4S/c1-10-7-11(3-6-16(10)24-2)14-9-25-18(20-14)19-12-4-5-13(17(22)23)15(21)8-12/h3-9,21H,1-2H3,(H,19,20)(H,22,23). The summed E-state index contributed by atoms with van der Waals surface area (Å²) in [4.78, 5) is 15.5. The summed E-state index contributed by atoms with van der Waals surface area (Å²) in [5, 5.41) is 24.3. The minimum Gasteiger partial charge on any atom is -0.507 e. The summed E-state index contributed by atoms with van der Waals surface area (Å²) < 4.78 is 5.26. The summed E-state index contributed by atoms with van der Waals surface area (Å²) in [6.07, 6.45) is 0. The van der Waals surface area contributed by atoms with Crippen LogP contribution in [0.3, 0.4) is 0 Å². The number of nitrogens with one attached hydrogen (secondary N) is 1. The normalized spacial score (nSPS) is 10.5. The second kappa shape index (κ2) is 6.82. The molecule has 0 saturated carbocycles. The van der Waals surface area contributed by atoms with Gasteiger partial charge in [0.15, 0.2) is 5.13 Å². The fraction of sp³-hybridized carbons (Fsp3) is 0.111. The number of hydrogen-bond acceptors (Lipinski definition) is 6. The van der Waals surface area contributed by atoms with Gasteiger partial charge in [-0.15, -0.1) is 11.3 Å². The summed E-state index contributed by atoms with van der Waals surface area (Å²) in [6.45, 7) is 1.97. The molecule has 0 saturated heterocycles. The van der Waals surface area contributed by atoms with Gasteiger partial charge in [-0.3, -0.25) is 0 Å². The smallest absolute Gasteiger partial charge is 0.339 e. The lowest BCUT2D eigenvalue weighted by Gasteiger charge is -2.06. The number of aromatic carboxylic acids is 1. The SMILES string of the molecule is COc1ccc(-c2csc(Nc3ccc(C(=O)O)c(O)c3)n2)cc1C. The third-order valence-electron chi connectivity index (χ3n) is 3.67. The van der Waals surface area contributed by atoms with Gasteiger partial charge in [0.05, 0.1) is 12.8 Å². The Balaban J connectivity index is 1.81. The Labute approximate surface area is 148 Å². The summed E-state index contributed by atoms with van der Waals surface area (Å²) in [5.41, 5.74) is 3.25. The molecule has 25 heavy (non-hydrogen) atoms. The second-order valence-corrected chi connectivity index (χ2v) is 6.24. The average Bonchev–Trinajstić information content (AvgIpc) is 3.03. The Hall–Kier alpha value is -3.06. The van der Waals surface area contributed by atoms with E-state index in [9.17, 15) is 9.90 Å². The number of nitrogens with zero attached hydrogens (tertiary/aromatic N) is 1. The molecule has 6 nitrogen and oxygen atoms in total. The van der Waals surface area contributed by atoms with E-state index in [0.29, 0.717) is 10.8 Å². The quantitative estimate of drug-likeness (QED) is 0.632. The van der Waals surface area contributed by atoms with Gasteiger partial charge in [-0.05, 0) is 42.8 Å². The summed E-state index contributed by atoms with van der Waals surface area (Å²) in [6, 6.07) is 10.1. The number of carboxylic acid groups (broad SMARTS) is 1. The van der Waals surface area contributed by atoms with Crippen LogP contribution in [0.25, 0.3) is 11.3 Å². The lowest BCUT2D eigenvalue weighted by molar-refractivity contribution is 0.0694. The van der Waals surface area contributed by atoms with Crippen LogP contribution in [-0.4, -0.2) is 28.3 Å². The Kier molecular flexibility index (Phi) is 4.58. The predicted molar refractivity (Wildman–Crippen MR) is 97.2 cm³/mol. The highest BCUT2D eigenvalue weighted by Gasteiger charge is 2.11. The predicted octanol–water partition coefficient (Wildman–Crippen LogP) is 4.27. The first-order chi connectivity index (χ1) is 12.0. The number of anilines is 2. The number of aryl methyl sites for hydroxylation is 1. The lowest BCUT2D eigenvalue weighted by Crippen LogP contribution is -1.97. The molecule has 0 aliphatic carbocycles. The summed E-state index contributed by atoms with van der Waals surface area (Å²) >= 11 is 1.42. The number of hydrogen-bond donors (Lipinski definition) is 3. The molecule has 0 spiro atoms. The molecule has 128 valence electrons. The van der Waals surface area contributed by atoms with Gasteiger partial charge in [-0.1, -0.05) is 0 Å². The molecule has 0 aliphatic rings. The van der Waals surface area contributed by atoms with Crippen molar-refractivity contribution in [2.75, 3.05) is 12.4 Å². The van der Waals surface area contributed by atoms with Crippen LogP contribution >= 0.6 is 11.3 Å². The van der Waals surface area contributed by atoms with E-state index in [4.69, 9.17) is 9.84 Å². The van der Waals surface area contributed by atoms with Crippen molar-refractivity contribution >= 4 is 28.1 Å². The van der Waals surface area contributed by atoms with Gasteiger partial charge >= 0.3 is 5.97 Å². The topological polar surface area (TPSA) is 91.7 Å². The molecule has 7 heteroatoms. The average molecular weight is 356 g/mol.